The van der Waals surface area contributed by atoms with Gasteiger partial charge in [-0.2, -0.15) is 0 Å². The smallest absolute Gasteiger partial charge is 0.151 e. The molecule has 0 atom stereocenters. The summed E-state index contributed by atoms with van der Waals surface area (Å²) in [6, 6.07) is 4.10. The lowest BCUT2D eigenvalue weighted by Gasteiger charge is -1.99. The molecule has 0 radical (unpaired) electrons. The summed E-state index contributed by atoms with van der Waals surface area (Å²) in [5.74, 6) is 0. The van der Waals surface area contributed by atoms with E-state index in [1.807, 2.05) is 12.3 Å². The van der Waals surface area contributed by atoms with Gasteiger partial charge in [0.2, 0.25) is 0 Å². The van der Waals surface area contributed by atoms with Crippen LogP contribution in [0.2, 0.25) is 0 Å². The largest absolute Gasteiger partial charge is 0.263 e. The van der Waals surface area contributed by atoms with Crippen molar-refractivity contribution >= 4 is 57.3 Å². The first-order chi connectivity index (χ1) is 6.24. The Morgan fingerprint density at radius 1 is 1.62 bits per heavy atom. The van der Waals surface area contributed by atoms with E-state index in [1.54, 1.807) is 9.12 Å². The number of rotatable bonds is 1. The van der Waals surface area contributed by atoms with E-state index in [0.29, 0.717) is 0 Å². The molecular weight excluding hydrogens is 363 g/mol. The first-order valence-corrected chi connectivity index (χ1v) is 7.76. The van der Waals surface area contributed by atoms with Gasteiger partial charge in [0.25, 0.3) is 0 Å². The first-order valence-electron chi connectivity index (χ1n) is 3.65. The first kappa shape index (κ1) is 9.79. The highest BCUT2D eigenvalue weighted by Gasteiger charge is 2.08. The molecule has 68 valence electrons. The van der Waals surface area contributed by atoms with Crippen LogP contribution < -0.4 is 0 Å². The number of hydrogen-bond donors (Lipinski definition) is 0. The van der Waals surface area contributed by atoms with Crippen molar-refractivity contribution in [2.24, 2.45) is 0 Å². The number of pyridine rings is 1. The predicted octanol–water partition coefficient (Wildman–Crippen LogP) is 3.95. The van der Waals surface area contributed by atoms with Crippen molar-refractivity contribution < 1.29 is 0 Å². The van der Waals surface area contributed by atoms with Gasteiger partial charge in [-0.15, -0.1) is 0 Å². The Morgan fingerprint density at radius 3 is 3.08 bits per heavy atom. The van der Waals surface area contributed by atoms with Crippen LogP contribution in [0.5, 0.6) is 0 Å². The number of halogens is 2. The van der Waals surface area contributed by atoms with Crippen molar-refractivity contribution in [2.75, 3.05) is 0 Å². The SMILES string of the molecule is Cc1cc2c(Br)ccnc2n1SI. The van der Waals surface area contributed by atoms with Gasteiger partial charge in [0.1, 0.15) is 0 Å². The minimum Gasteiger partial charge on any atom is -0.263 e. The Kier molecular flexibility index (Phi) is 2.85. The van der Waals surface area contributed by atoms with Gasteiger partial charge in [0.05, 0.1) is 0 Å². The Hall–Kier alpha value is 0.250. The monoisotopic (exact) mass is 368 g/mol. The Labute approximate surface area is 101 Å². The van der Waals surface area contributed by atoms with Crippen LogP contribution in [0.15, 0.2) is 22.8 Å². The summed E-state index contributed by atoms with van der Waals surface area (Å²) in [6.07, 6.45) is 1.81. The molecule has 0 N–H and O–H groups in total. The summed E-state index contributed by atoms with van der Waals surface area (Å²) >= 11 is 5.77. The average Bonchev–Trinajstić information content (AvgIpc) is 2.43. The second-order valence-electron chi connectivity index (χ2n) is 2.68. The normalized spacial score (nSPS) is 11.0. The van der Waals surface area contributed by atoms with Gasteiger partial charge < -0.3 is 0 Å². The zero-order valence-electron chi connectivity index (χ0n) is 6.79. The highest BCUT2D eigenvalue weighted by Crippen LogP contribution is 2.30. The van der Waals surface area contributed by atoms with E-state index in [1.165, 1.54) is 11.1 Å². The molecule has 0 fully saturated rings. The van der Waals surface area contributed by atoms with Gasteiger partial charge in [0, 0.05) is 52.1 Å². The molecule has 0 saturated heterocycles. The summed E-state index contributed by atoms with van der Waals surface area (Å²) in [7, 11) is 1.64. The summed E-state index contributed by atoms with van der Waals surface area (Å²) in [5.41, 5.74) is 2.24. The van der Waals surface area contributed by atoms with Crippen molar-refractivity contribution in [2.45, 2.75) is 6.92 Å². The van der Waals surface area contributed by atoms with Gasteiger partial charge >= 0.3 is 0 Å². The minimum atomic E-state index is 1.02. The predicted molar refractivity (Wildman–Crippen MR) is 69.2 cm³/mol. The zero-order valence-corrected chi connectivity index (χ0v) is 11.4. The molecule has 2 rings (SSSR count). The quantitative estimate of drug-likeness (QED) is 0.709. The van der Waals surface area contributed by atoms with E-state index in [2.05, 4.69) is 59.1 Å². The lowest BCUT2D eigenvalue weighted by molar-refractivity contribution is 1.18. The van der Waals surface area contributed by atoms with E-state index in [4.69, 9.17) is 0 Å². The molecule has 0 aromatic carbocycles. The van der Waals surface area contributed by atoms with Gasteiger partial charge in [-0.25, -0.2) is 4.98 Å². The average molecular weight is 369 g/mol. The van der Waals surface area contributed by atoms with E-state index in [-0.39, 0.29) is 0 Å². The molecule has 2 heterocycles. The molecular formula is C8H6BrIN2S. The number of aromatic nitrogens is 2. The number of aryl methyl sites for hydroxylation is 1. The Bertz CT molecular complexity index is 455. The van der Waals surface area contributed by atoms with Crippen molar-refractivity contribution in [1.82, 2.24) is 8.96 Å². The highest BCUT2D eigenvalue weighted by molar-refractivity contribution is 14.2. The second kappa shape index (κ2) is 3.78. The molecule has 0 bridgehead atoms. The molecule has 0 aliphatic carbocycles. The molecule has 0 aliphatic rings. The number of hydrogen-bond acceptors (Lipinski definition) is 2. The molecule has 5 heteroatoms. The minimum absolute atomic E-state index is 1.02. The molecule has 0 spiro atoms. The van der Waals surface area contributed by atoms with Crippen molar-refractivity contribution in [3.05, 3.63) is 28.5 Å². The Balaban J connectivity index is 2.86. The molecule has 0 amide bonds. The third-order valence-corrected chi connectivity index (χ3v) is 4.32. The molecule has 0 saturated carbocycles. The maximum absolute atomic E-state index is 4.34. The Morgan fingerprint density at radius 2 is 2.38 bits per heavy atom. The summed E-state index contributed by atoms with van der Waals surface area (Å²) in [4.78, 5) is 4.34. The number of nitrogens with zero attached hydrogens (tertiary/aromatic N) is 2. The fourth-order valence-corrected chi connectivity index (χ4v) is 3.53. The molecule has 2 aromatic heterocycles. The van der Waals surface area contributed by atoms with Gasteiger partial charge in [0.15, 0.2) is 5.65 Å². The fraction of sp³-hybridized carbons (Fsp3) is 0.125. The lowest BCUT2D eigenvalue weighted by atomic mass is 10.3. The van der Waals surface area contributed by atoms with Gasteiger partial charge in [-0.1, -0.05) is 0 Å². The molecule has 0 unspecified atom stereocenters. The molecule has 0 aliphatic heterocycles. The topological polar surface area (TPSA) is 17.8 Å². The lowest BCUT2D eigenvalue weighted by Crippen LogP contribution is -1.86. The van der Waals surface area contributed by atoms with Crippen molar-refractivity contribution in [3.63, 3.8) is 0 Å². The zero-order chi connectivity index (χ0) is 9.42. The summed E-state index contributed by atoms with van der Waals surface area (Å²) in [5, 5.41) is 1.17. The molecule has 2 aromatic rings. The van der Waals surface area contributed by atoms with Crippen LogP contribution in [0.1, 0.15) is 5.69 Å². The summed E-state index contributed by atoms with van der Waals surface area (Å²) < 4.78 is 3.21. The van der Waals surface area contributed by atoms with Crippen LogP contribution in [-0.4, -0.2) is 8.96 Å². The van der Waals surface area contributed by atoms with Crippen LogP contribution in [0.25, 0.3) is 11.0 Å². The van der Waals surface area contributed by atoms with E-state index in [9.17, 15) is 0 Å². The van der Waals surface area contributed by atoms with Crippen LogP contribution in [0.3, 0.4) is 0 Å². The van der Waals surface area contributed by atoms with Crippen LogP contribution in [0.4, 0.5) is 0 Å². The highest BCUT2D eigenvalue weighted by atomic mass is 127. The van der Waals surface area contributed by atoms with Crippen molar-refractivity contribution in [3.8, 4) is 0 Å². The number of fused-ring (bicyclic) bond motifs is 1. The maximum Gasteiger partial charge on any atom is 0.151 e. The van der Waals surface area contributed by atoms with Crippen molar-refractivity contribution in [1.29, 1.82) is 0 Å². The molecule has 2 nitrogen and oxygen atoms in total. The standard InChI is InChI=1S/C8H6BrIN2S/c1-5-4-6-7(9)2-3-11-8(6)12(5)13-10/h2-4H,1H3. The third-order valence-electron chi connectivity index (χ3n) is 1.85. The van der Waals surface area contributed by atoms with E-state index >= 15 is 0 Å². The van der Waals surface area contributed by atoms with Crippen LogP contribution in [0, 0.1) is 6.92 Å². The second-order valence-corrected chi connectivity index (χ2v) is 5.22. The van der Waals surface area contributed by atoms with Gasteiger partial charge in [-0.05, 0) is 35.0 Å². The van der Waals surface area contributed by atoms with Crippen LogP contribution in [-0.2, 0) is 0 Å². The molecule has 13 heavy (non-hydrogen) atoms. The van der Waals surface area contributed by atoms with Crippen LogP contribution >= 0.6 is 46.3 Å². The van der Waals surface area contributed by atoms with E-state index in [0.717, 1.165) is 10.1 Å². The van der Waals surface area contributed by atoms with E-state index < -0.39 is 0 Å². The summed E-state index contributed by atoms with van der Waals surface area (Å²) in [6.45, 7) is 2.08. The third kappa shape index (κ3) is 1.61. The fourth-order valence-electron chi connectivity index (χ4n) is 1.26. The van der Waals surface area contributed by atoms with Gasteiger partial charge in [-0.3, -0.25) is 3.97 Å². The maximum atomic E-state index is 4.34.